The van der Waals surface area contributed by atoms with Gasteiger partial charge in [-0.1, -0.05) is 0 Å². The van der Waals surface area contributed by atoms with Crippen molar-refractivity contribution in [1.82, 2.24) is 0 Å². The fourth-order valence-corrected chi connectivity index (χ4v) is 0.371. The van der Waals surface area contributed by atoms with E-state index in [1.54, 1.807) is 12.1 Å². The van der Waals surface area contributed by atoms with Crippen LogP contribution in [0.5, 0.6) is 0 Å². The third-order valence-electron chi connectivity index (χ3n) is 0.669. The van der Waals surface area contributed by atoms with Gasteiger partial charge in [-0.05, 0) is 0 Å². The molecular formula is C6H4FIZn. The topological polar surface area (TPSA) is 0 Å². The van der Waals surface area contributed by atoms with Crippen LogP contribution in [0, 0.1) is 11.9 Å². The van der Waals surface area contributed by atoms with Gasteiger partial charge in [-0.25, -0.2) is 0 Å². The molecule has 0 aromatic heterocycles. The molecule has 1 aromatic carbocycles. The summed E-state index contributed by atoms with van der Waals surface area (Å²) in [5, 5.41) is 0. The molecule has 44 valence electrons. The van der Waals surface area contributed by atoms with Gasteiger partial charge in [0.25, 0.3) is 0 Å². The standard InChI is InChI=1S/C6H4F.HI.Zn/c7-6-4-2-1-3-5-6;;/h1-2,4-5H;1H;/q-1;;+2/p-1. The molecule has 0 bridgehead atoms. The molecule has 0 fully saturated rings. The third kappa shape index (κ3) is 4.97. The molecule has 0 spiro atoms. The molecule has 0 aliphatic heterocycles. The van der Waals surface area contributed by atoms with Crippen LogP contribution in [0.2, 0.25) is 0 Å². The first kappa shape index (κ1) is 12.2. The van der Waals surface area contributed by atoms with E-state index in [-0.39, 0.29) is 49.3 Å². The molecule has 0 aliphatic rings. The van der Waals surface area contributed by atoms with Crippen molar-refractivity contribution in [3.05, 3.63) is 36.1 Å². The minimum atomic E-state index is -0.234. The van der Waals surface area contributed by atoms with Gasteiger partial charge in [-0.2, -0.15) is 18.2 Å². The summed E-state index contributed by atoms with van der Waals surface area (Å²) in [5.41, 5.74) is 0. The second kappa shape index (κ2) is 6.62. The van der Waals surface area contributed by atoms with Crippen molar-refractivity contribution in [3.8, 4) is 0 Å². The van der Waals surface area contributed by atoms with Crippen LogP contribution in [-0.2, 0) is 19.5 Å². The Kier molecular flexibility index (Phi) is 8.98. The SMILES string of the molecule is Fc1c[c-]ccc1.[I-].[Zn+2]. The molecule has 0 saturated heterocycles. The molecule has 1 aromatic rings. The summed E-state index contributed by atoms with van der Waals surface area (Å²) in [7, 11) is 0. The van der Waals surface area contributed by atoms with Gasteiger partial charge in [0.05, 0.1) is 0 Å². The first-order valence-corrected chi connectivity index (χ1v) is 2.01. The fraction of sp³-hybridized carbons (Fsp3) is 0. The Labute approximate surface area is 83.6 Å². The molecule has 9 heavy (non-hydrogen) atoms. The summed E-state index contributed by atoms with van der Waals surface area (Å²) in [6, 6.07) is 8.53. The molecule has 3 heteroatoms. The zero-order chi connectivity index (χ0) is 5.11. The molecule has 0 saturated carbocycles. The van der Waals surface area contributed by atoms with Gasteiger partial charge in [0.1, 0.15) is 0 Å². The van der Waals surface area contributed by atoms with E-state index in [0.717, 1.165) is 0 Å². The van der Waals surface area contributed by atoms with Gasteiger partial charge in [0.2, 0.25) is 0 Å². The second-order valence-corrected chi connectivity index (χ2v) is 1.22. The number of rotatable bonds is 0. The van der Waals surface area contributed by atoms with Crippen LogP contribution in [-0.4, -0.2) is 0 Å². The first-order valence-electron chi connectivity index (χ1n) is 2.01. The van der Waals surface area contributed by atoms with E-state index in [1.165, 1.54) is 12.1 Å². The number of halogens is 2. The van der Waals surface area contributed by atoms with Crippen LogP contribution in [0.1, 0.15) is 0 Å². The van der Waals surface area contributed by atoms with Crippen molar-refractivity contribution in [2.75, 3.05) is 0 Å². The number of hydrogen-bond acceptors (Lipinski definition) is 0. The third-order valence-corrected chi connectivity index (χ3v) is 0.669. The molecule has 0 radical (unpaired) electrons. The van der Waals surface area contributed by atoms with E-state index in [4.69, 9.17) is 0 Å². The predicted octanol–water partition coefficient (Wildman–Crippen LogP) is -1.37. The van der Waals surface area contributed by atoms with Crippen molar-refractivity contribution in [1.29, 1.82) is 0 Å². The van der Waals surface area contributed by atoms with Gasteiger partial charge in [-0.3, -0.25) is 4.39 Å². The van der Waals surface area contributed by atoms with Gasteiger partial charge in [0.15, 0.2) is 0 Å². The Morgan fingerprint density at radius 3 is 2.33 bits per heavy atom. The maximum atomic E-state index is 11.9. The van der Waals surface area contributed by atoms with Crippen molar-refractivity contribution < 1.29 is 47.8 Å². The minimum absolute atomic E-state index is 0. The van der Waals surface area contributed by atoms with Crippen LogP contribution in [0.15, 0.2) is 24.3 Å². The summed E-state index contributed by atoms with van der Waals surface area (Å²) in [5.74, 6) is -0.234. The van der Waals surface area contributed by atoms with Crippen molar-refractivity contribution >= 4 is 0 Å². The molecule has 1 rings (SSSR count). The van der Waals surface area contributed by atoms with Crippen LogP contribution in [0.25, 0.3) is 0 Å². The summed E-state index contributed by atoms with van der Waals surface area (Å²) in [6.07, 6.45) is 0. The largest absolute Gasteiger partial charge is 2.00 e. The Morgan fingerprint density at radius 2 is 2.11 bits per heavy atom. The first-order chi connectivity index (χ1) is 3.39. The van der Waals surface area contributed by atoms with E-state index in [1.807, 2.05) is 0 Å². The van der Waals surface area contributed by atoms with Crippen molar-refractivity contribution in [3.63, 3.8) is 0 Å². The molecule has 0 heterocycles. The van der Waals surface area contributed by atoms with Gasteiger partial charge in [-0.15, -0.1) is 12.1 Å². The zero-order valence-corrected chi connectivity index (χ0v) is 9.90. The van der Waals surface area contributed by atoms with E-state index in [2.05, 4.69) is 6.07 Å². The molecular weight excluding hydrogens is 283 g/mol. The van der Waals surface area contributed by atoms with Gasteiger partial charge >= 0.3 is 19.5 Å². The van der Waals surface area contributed by atoms with E-state index >= 15 is 0 Å². The fourth-order valence-electron chi connectivity index (χ4n) is 0.371. The quantitative estimate of drug-likeness (QED) is 0.314. The second-order valence-electron chi connectivity index (χ2n) is 1.22. The molecule has 0 aliphatic carbocycles. The maximum absolute atomic E-state index is 11.9. The van der Waals surface area contributed by atoms with Gasteiger partial charge < -0.3 is 24.0 Å². The monoisotopic (exact) mass is 286 g/mol. The number of benzene rings is 1. The van der Waals surface area contributed by atoms with Crippen molar-refractivity contribution in [2.24, 2.45) is 0 Å². The van der Waals surface area contributed by atoms with Crippen LogP contribution < -0.4 is 24.0 Å². The smallest absolute Gasteiger partial charge is 1.00 e. The molecule has 0 N–H and O–H groups in total. The average Bonchev–Trinajstić information content (AvgIpc) is 1.69. The average molecular weight is 287 g/mol. The summed E-state index contributed by atoms with van der Waals surface area (Å²) < 4.78 is 11.9. The van der Waals surface area contributed by atoms with Crippen molar-refractivity contribution in [2.45, 2.75) is 0 Å². The molecule has 0 unspecified atom stereocenters. The Hall–Kier alpha value is 0.503. The summed E-state index contributed by atoms with van der Waals surface area (Å²) in [4.78, 5) is 0. The molecule has 0 amide bonds. The normalized spacial score (nSPS) is 6.78. The summed E-state index contributed by atoms with van der Waals surface area (Å²) >= 11 is 0. The maximum Gasteiger partial charge on any atom is 2.00 e. The van der Waals surface area contributed by atoms with E-state index < -0.39 is 0 Å². The van der Waals surface area contributed by atoms with Crippen LogP contribution >= 0.6 is 0 Å². The zero-order valence-electron chi connectivity index (χ0n) is 4.77. The molecule has 0 atom stereocenters. The van der Waals surface area contributed by atoms with E-state index in [9.17, 15) is 4.39 Å². The predicted molar refractivity (Wildman–Crippen MR) is 25.2 cm³/mol. The van der Waals surface area contributed by atoms with Crippen LogP contribution in [0.3, 0.4) is 0 Å². The van der Waals surface area contributed by atoms with E-state index in [0.29, 0.717) is 0 Å². The summed E-state index contributed by atoms with van der Waals surface area (Å²) in [6.45, 7) is 0. The minimum Gasteiger partial charge on any atom is -1.00 e. The van der Waals surface area contributed by atoms with Crippen LogP contribution in [0.4, 0.5) is 4.39 Å². The Balaban J connectivity index is 0. The molecule has 0 nitrogen and oxygen atoms in total. The Bertz CT molecular complexity index is 143. The Morgan fingerprint density at radius 1 is 1.44 bits per heavy atom. The number of hydrogen-bond donors (Lipinski definition) is 0. The van der Waals surface area contributed by atoms with Gasteiger partial charge in [0, 0.05) is 5.82 Å².